The fourth-order valence-electron chi connectivity index (χ4n) is 1.75. The standard InChI is InChI=1S/C10H12BFO2/c12-10-6-8(7-2-1-3-7)4-5-9(10)11(13)14/h4-7,13-14H,1-3H2. The molecule has 2 rings (SSSR count). The summed E-state index contributed by atoms with van der Waals surface area (Å²) in [5.41, 5.74) is 0.922. The van der Waals surface area contributed by atoms with Crippen molar-refractivity contribution >= 4 is 12.6 Å². The van der Waals surface area contributed by atoms with Gasteiger partial charge in [0.1, 0.15) is 5.82 Å². The molecule has 0 amide bonds. The lowest BCUT2D eigenvalue weighted by Gasteiger charge is -2.26. The van der Waals surface area contributed by atoms with Crippen molar-refractivity contribution < 1.29 is 14.4 Å². The van der Waals surface area contributed by atoms with Gasteiger partial charge in [0.15, 0.2) is 0 Å². The number of halogens is 1. The Morgan fingerprint density at radius 2 is 2.00 bits per heavy atom. The van der Waals surface area contributed by atoms with Crippen LogP contribution in [-0.4, -0.2) is 17.2 Å². The summed E-state index contributed by atoms with van der Waals surface area (Å²) in [5.74, 6) is -0.0567. The first-order valence-corrected chi connectivity index (χ1v) is 4.84. The smallest absolute Gasteiger partial charge is 0.423 e. The Morgan fingerprint density at radius 3 is 2.43 bits per heavy atom. The highest BCUT2D eigenvalue weighted by Crippen LogP contribution is 2.36. The van der Waals surface area contributed by atoms with Crippen molar-refractivity contribution in [2.75, 3.05) is 0 Å². The minimum atomic E-state index is -1.72. The van der Waals surface area contributed by atoms with Crippen molar-refractivity contribution in [2.45, 2.75) is 25.2 Å². The Bertz CT molecular complexity index is 337. The van der Waals surface area contributed by atoms with E-state index < -0.39 is 12.9 Å². The Labute approximate surface area is 82.5 Å². The number of hydrogen-bond donors (Lipinski definition) is 2. The summed E-state index contributed by atoms with van der Waals surface area (Å²) in [6, 6.07) is 4.65. The molecule has 1 saturated carbocycles. The third-order valence-corrected chi connectivity index (χ3v) is 2.88. The van der Waals surface area contributed by atoms with Gasteiger partial charge in [0.05, 0.1) is 0 Å². The molecule has 4 heteroatoms. The van der Waals surface area contributed by atoms with Gasteiger partial charge in [0, 0.05) is 5.46 Å². The highest BCUT2D eigenvalue weighted by Gasteiger charge is 2.22. The van der Waals surface area contributed by atoms with E-state index in [0.717, 1.165) is 18.4 Å². The molecule has 74 valence electrons. The summed E-state index contributed by atoms with van der Waals surface area (Å²) in [6.07, 6.45) is 3.43. The van der Waals surface area contributed by atoms with E-state index in [1.54, 1.807) is 6.07 Å². The van der Waals surface area contributed by atoms with Crippen LogP contribution in [0.1, 0.15) is 30.7 Å². The van der Waals surface area contributed by atoms with Gasteiger partial charge >= 0.3 is 7.12 Å². The second kappa shape index (κ2) is 3.71. The van der Waals surface area contributed by atoms with E-state index in [2.05, 4.69) is 0 Å². The normalized spacial score (nSPS) is 16.5. The maximum Gasteiger partial charge on any atom is 0.491 e. The molecule has 1 aromatic rings. The first-order chi connectivity index (χ1) is 6.68. The van der Waals surface area contributed by atoms with Crippen LogP contribution in [0.25, 0.3) is 0 Å². The molecule has 0 bridgehead atoms. The largest absolute Gasteiger partial charge is 0.491 e. The molecule has 0 spiro atoms. The number of benzene rings is 1. The van der Waals surface area contributed by atoms with E-state index >= 15 is 0 Å². The van der Waals surface area contributed by atoms with Crippen LogP contribution in [0.15, 0.2) is 18.2 Å². The minimum Gasteiger partial charge on any atom is -0.423 e. The van der Waals surface area contributed by atoms with Gasteiger partial charge in [0.25, 0.3) is 0 Å². The predicted octanol–water partition coefficient (Wildman–Crippen LogP) is 0.773. The second-order valence-corrected chi connectivity index (χ2v) is 3.78. The van der Waals surface area contributed by atoms with E-state index in [4.69, 9.17) is 10.0 Å². The molecule has 0 radical (unpaired) electrons. The summed E-state index contributed by atoms with van der Waals surface area (Å²) in [6.45, 7) is 0. The molecule has 0 atom stereocenters. The van der Waals surface area contributed by atoms with Crippen molar-refractivity contribution in [3.63, 3.8) is 0 Å². The van der Waals surface area contributed by atoms with E-state index in [-0.39, 0.29) is 5.46 Å². The van der Waals surface area contributed by atoms with Crippen LogP contribution in [0.4, 0.5) is 4.39 Å². The number of hydrogen-bond acceptors (Lipinski definition) is 2. The lowest BCUT2D eigenvalue weighted by Crippen LogP contribution is -2.33. The van der Waals surface area contributed by atoms with Gasteiger partial charge in [-0.15, -0.1) is 0 Å². The first-order valence-electron chi connectivity index (χ1n) is 4.84. The van der Waals surface area contributed by atoms with Crippen LogP contribution in [0.3, 0.4) is 0 Å². The zero-order chi connectivity index (χ0) is 10.1. The SMILES string of the molecule is OB(O)c1ccc(C2CCC2)cc1F. The maximum absolute atomic E-state index is 13.3. The molecule has 0 saturated heterocycles. The second-order valence-electron chi connectivity index (χ2n) is 3.78. The fraction of sp³-hybridized carbons (Fsp3) is 0.400. The van der Waals surface area contributed by atoms with Gasteiger partial charge in [-0.3, -0.25) is 0 Å². The molecule has 0 aliphatic heterocycles. The average Bonchev–Trinajstić information content (AvgIpc) is 2.00. The third-order valence-electron chi connectivity index (χ3n) is 2.88. The van der Waals surface area contributed by atoms with Crippen LogP contribution >= 0.6 is 0 Å². The summed E-state index contributed by atoms with van der Waals surface area (Å²) in [5, 5.41) is 17.6. The van der Waals surface area contributed by atoms with Crippen molar-refractivity contribution in [3.05, 3.63) is 29.6 Å². The van der Waals surface area contributed by atoms with Crippen molar-refractivity contribution in [2.24, 2.45) is 0 Å². The molecule has 0 heterocycles. The quantitative estimate of drug-likeness (QED) is 0.682. The van der Waals surface area contributed by atoms with Gasteiger partial charge in [-0.1, -0.05) is 18.6 Å². The molecular formula is C10H12BFO2. The van der Waals surface area contributed by atoms with E-state index in [0.29, 0.717) is 5.92 Å². The molecule has 14 heavy (non-hydrogen) atoms. The molecule has 1 fully saturated rings. The highest BCUT2D eigenvalue weighted by atomic mass is 19.1. The molecule has 0 unspecified atom stereocenters. The predicted molar refractivity (Wildman–Crippen MR) is 52.8 cm³/mol. The Morgan fingerprint density at radius 1 is 1.29 bits per heavy atom. The average molecular weight is 194 g/mol. The summed E-state index contributed by atoms with van der Waals surface area (Å²) >= 11 is 0. The maximum atomic E-state index is 13.3. The monoisotopic (exact) mass is 194 g/mol. The molecule has 0 aromatic heterocycles. The van der Waals surface area contributed by atoms with E-state index in [9.17, 15) is 4.39 Å². The van der Waals surface area contributed by atoms with Gasteiger partial charge in [-0.2, -0.15) is 0 Å². The van der Waals surface area contributed by atoms with Gasteiger partial charge in [-0.05, 0) is 30.4 Å². The molecule has 2 N–H and O–H groups in total. The van der Waals surface area contributed by atoms with Crippen LogP contribution in [0.5, 0.6) is 0 Å². The Balaban J connectivity index is 2.25. The number of rotatable bonds is 2. The van der Waals surface area contributed by atoms with E-state index in [1.807, 2.05) is 0 Å². The third kappa shape index (κ3) is 1.67. The Kier molecular flexibility index (Phi) is 2.57. The Hall–Kier alpha value is -0.865. The van der Waals surface area contributed by atoms with E-state index in [1.165, 1.54) is 18.6 Å². The van der Waals surface area contributed by atoms with Crippen LogP contribution in [-0.2, 0) is 0 Å². The topological polar surface area (TPSA) is 40.5 Å². The molecule has 1 aliphatic carbocycles. The van der Waals surface area contributed by atoms with Crippen molar-refractivity contribution in [1.82, 2.24) is 0 Å². The van der Waals surface area contributed by atoms with Crippen LogP contribution in [0.2, 0.25) is 0 Å². The summed E-state index contributed by atoms with van der Waals surface area (Å²) < 4.78 is 13.3. The molecule has 1 aromatic carbocycles. The summed E-state index contributed by atoms with van der Waals surface area (Å²) in [7, 11) is -1.72. The van der Waals surface area contributed by atoms with Crippen LogP contribution in [0, 0.1) is 5.82 Å². The molecule has 2 nitrogen and oxygen atoms in total. The lowest BCUT2D eigenvalue weighted by molar-refractivity contribution is 0.415. The minimum absolute atomic E-state index is 0.0481. The van der Waals surface area contributed by atoms with Crippen molar-refractivity contribution in [3.8, 4) is 0 Å². The van der Waals surface area contributed by atoms with Gasteiger partial charge < -0.3 is 10.0 Å². The van der Waals surface area contributed by atoms with Gasteiger partial charge in [-0.25, -0.2) is 4.39 Å². The zero-order valence-corrected chi connectivity index (χ0v) is 7.78. The van der Waals surface area contributed by atoms with Crippen molar-refractivity contribution in [1.29, 1.82) is 0 Å². The molecular weight excluding hydrogens is 182 g/mol. The highest BCUT2D eigenvalue weighted by molar-refractivity contribution is 6.58. The summed E-state index contributed by atoms with van der Waals surface area (Å²) in [4.78, 5) is 0. The first kappa shape index (κ1) is 9.68. The molecule has 1 aliphatic rings. The van der Waals surface area contributed by atoms with Gasteiger partial charge in [0.2, 0.25) is 0 Å². The van der Waals surface area contributed by atoms with Crippen LogP contribution < -0.4 is 5.46 Å². The lowest BCUT2D eigenvalue weighted by atomic mass is 9.76. The fourth-order valence-corrected chi connectivity index (χ4v) is 1.75. The zero-order valence-electron chi connectivity index (χ0n) is 7.78.